The zero-order chi connectivity index (χ0) is 25.4. The number of aromatic nitrogens is 3. The number of aliphatic carboxylic acids is 1. The molecule has 186 valence electrons. The molecule has 2 aromatic carbocycles. The molecule has 5 rings (SSSR count). The van der Waals surface area contributed by atoms with E-state index in [0.717, 1.165) is 37.5 Å². The standard InChI is InChI=1S/C27H27N3O5S/c1-36(34,35)20-10-11-22-24(13-20)30-27(29-22)21-15-28-23(14-25(21)31)19-8-6-18(7-9-19)17-4-2-16(3-5-17)12-26(32)33/h6-11,13-17H,2-5,12H2,1H3,(H,28,31)(H,29,30)(H,32,33). The minimum atomic E-state index is -3.34. The molecule has 1 aliphatic carbocycles. The van der Waals surface area contributed by atoms with Crippen molar-refractivity contribution in [2.24, 2.45) is 5.92 Å². The van der Waals surface area contributed by atoms with Crippen molar-refractivity contribution in [1.29, 1.82) is 0 Å². The van der Waals surface area contributed by atoms with Crippen molar-refractivity contribution in [3.05, 3.63) is 60.3 Å². The summed E-state index contributed by atoms with van der Waals surface area (Å²) in [7, 11) is -3.34. The first-order chi connectivity index (χ1) is 17.2. The third-order valence-electron chi connectivity index (χ3n) is 7.01. The minimum Gasteiger partial charge on any atom is -0.507 e. The van der Waals surface area contributed by atoms with Crippen LogP contribution < -0.4 is 0 Å². The number of aromatic hydroxyl groups is 1. The van der Waals surface area contributed by atoms with Gasteiger partial charge in [-0.1, -0.05) is 24.3 Å². The highest BCUT2D eigenvalue weighted by atomic mass is 32.2. The Hall–Kier alpha value is -3.72. The maximum atomic E-state index is 11.8. The van der Waals surface area contributed by atoms with Crippen molar-refractivity contribution < 1.29 is 23.4 Å². The molecule has 9 heteroatoms. The van der Waals surface area contributed by atoms with E-state index in [9.17, 15) is 18.3 Å². The van der Waals surface area contributed by atoms with Gasteiger partial charge < -0.3 is 15.2 Å². The number of H-pyrrole nitrogens is 1. The Kier molecular flexibility index (Phi) is 6.26. The minimum absolute atomic E-state index is 0.0169. The normalized spacial score (nSPS) is 18.4. The lowest BCUT2D eigenvalue weighted by Crippen LogP contribution is -2.16. The van der Waals surface area contributed by atoms with Crippen molar-refractivity contribution in [2.75, 3.05) is 6.26 Å². The summed E-state index contributed by atoms with van der Waals surface area (Å²) in [6.07, 6.45) is 6.83. The Morgan fingerprint density at radius 2 is 1.78 bits per heavy atom. The maximum absolute atomic E-state index is 11.8. The third-order valence-corrected chi connectivity index (χ3v) is 8.12. The number of rotatable bonds is 6. The third kappa shape index (κ3) is 4.97. The van der Waals surface area contributed by atoms with E-state index in [0.29, 0.717) is 34.0 Å². The second-order valence-corrected chi connectivity index (χ2v) is 11.6. The van der Waals surface area contributed by atoms with Crippen molar-refractivity contribution in [1.82, 2.24) is 15.0 Å². The number of nitrogens with one attached hydrogen (secondary N) is 1. The summed E-state index contributed by atoms with van der Waals surface area (Å²) in [4.78, 5) is 23.2. The van der Waals surface area contributed by atoms with Crippen LogP contribution in [0.4, 0.5) is 0 Å². The highest BCUT2D eigenvalue weighted by Crippen LogP contribution is 2.38. The van der Waals surface area contributed by atoms with E-state index in [1.165, 1.54) is 17.7 Å². The Balaban J connectivity index is 1.33. The van der Waals surface area contributed by atoms with Crippen LogP contribution in [0.25, 0.3) is 33.7 Å². The molecule has 1 fully saturated rings. The van der Waals surface area contributed by atoms with Gasteiger partial charge in [-0.05, 0) is 61.3 Å². The van der Waals surface area contributed by atoms with Gasteiger partial charge in [-0.15, -0.1) is 0 Å². The van der Waals surface area contributed by atoms with E-state index < -0.39 is 15.8 Å². The fourth-order valence-electron chi connectivity index (χ4n) is 5.00. The molecule has 0 saturated heterocycles. The summed E-state index contributed by atoms with van der Waals surface area (Å²) in [5.41, 5.74) is 4.32. The Bertz CT molecular complexity index is 1540. The Morgan fingerprint density at radius 3 is 2.42 bits per heavy atom. The maximum Gasteiger partial charge on any atom is 0.303 e. The molecule has 2 heterocycles. The predicted octanol–water partition coefficient (Wildman–Crippen LogP) is 5.15. The van der Waals surface area contributed by atoms with Crippen LogP contribution in [0.2, 0.25) is 0 Å². The monoisotopic (exact) mass is 505 g/mol. The molecular formula is C27H27N3O5S. The molecule has 8 nitrogen and oxygen atoms in total. The van der Waals surface area contributed by atoms with Crippen molar-refractivity contribution in [3.8, 4) is 28.4 Å². The number of carbonyl (C=O) groups is 1. The molecule has 36 heavy (non-hydrogen) atoms. The molecule has 4 aromatic rings. The highest BCUT2D eigenvalue weighted by molar-refractivity contribution is 7.90. The van der Waals surface area contributed by atoms with Gasteiger partial charge in [0.15, 0.2) is 9.84 Å². The van der Waals surface area contributed by atoms with Gasteiger partial charge >= 0.3 is 5.97 Å². The molecular weight excluding hydrogens is 478 g/mol. The van der Waals surface area contributed by atoms with E-state index >= 15 is 0 Å². The van der Waals surface area contributed by atoms with Crippen LogP contribution in [0.15, 0.2) is 59.6 Å². The van der Waals surface area contributed by atoms with Gasteiger partial charge in [0.05, 0.1) is 27.2 Å². The first-order valence-corrected chi connectivity index (χ1v) is 13.8. The van der Waals surface area contributed by atoms with Gasteiger partial charge in [0.25, 0.3) is 0 Å². The second-order valence-electron chi connectivity index (χ2n) is 9.56. The number of carboxylic acids is 1. The topological polar surface area (TPSA) is 133 Å². The number of imidazole rings is 1. The number of carboxylic acid groups (broad SMARTS) is 1. The number of benzene rings is 2. The smallest absolute Gasteiger partial charge is 0.303 e. The van der Waals surface area contributed by atoms with Gasteiger partial charge in [-0.2, -0.15) is 0 Å². The first kappa shape index (κ1) is 24.0. The number of hydrogen-bond donors (Lipinski definition) is 3. The number of nitrogens with zero attached hydrogens (tertiary/aromatic N) is 2. The first-order valence-electron chi connectivity index (χ1n) is 11.9. The summed E-state index contributed by atoms with van der Waals surface area (Å²) >= 11 is 0. The lowest BCUT2D eigenvalue weighted by Gasteiger charge is -2.28. The van der Waals surface area contributed by atoms with Gasteiger partial charge in [0.1, 0.15) is 11.6 Å². The fraction of sp³-hybridized carbons (Fsp3) is 0.296. The molecule has 2 aromatic heterocycles. The summed E-state index contributed by atoms with van der Waals surface area (Å²) < 4.78 is 23.7. The average Bonchev–Trinajstić information content (AvgIpc) is 3.27. The van der Waals surface area contributed by atoms with Crippen molar-refractivity contribution in [3.63, 3.8) is 0 Å². The number of aromatic amines is 1. The van der Waals surface area contributed by atoms with Crippen LogP contribution in [0, 0.1) is 5.92 Å². The summed E-state index contributed by atoms with van der Waals surface area (Å²) in [6.45, 7) is 0. The van der Waals surface area contributed by atoms with E-state index in [-0.39, 0.29) is 23.0 Å². The molecule has 1 aliphatic rings. The van der Waals surface area contributed by atoms with E-state index in [1.54, 1.807) is 18.3 Å². The zero-order valence-electron chi connectivity index (χ0n) is 19.8. The van der Waals surface area contributed by atoms with Gasteiger partial charge in [0.2, 0.25) is 0 Å². The van der Waals surface area contributed by atoms with Crippen LogP contribution in [-0.2, 0) is 14.6 Å². The second kappa shape index (κ2) is 9.39. The molecule has 0 atom stereocenters. The van der Waals surface area contributed by atoms with Crippen LogP contribution in [0.1, 0.15) is 43.6 Å². The average molecular weight is 506 g/mol. The SMILES string of the molecule is CS(=O)(=O)c1ccc2nc(-c3cnc(-c4ccc(C5CCC(CC(=O)O)CC5)cc4)cc3O)[nH]c2c1. The molecule has 1 saturated carbocycles. The number of pyridine rings is 1. The Morgan fingerprint density at radius 1 is 1.06 bits per heavy atom. The summed E-state index contributed by atoms with van der Waals surface area (Å²) in [5, 5.41) is 19.7. The molecule has 3 N–H and O–H groups in total. The van der Waals surface area contributed by atoms with E-state index in [1.807, 2.05) is 12.1 Å². The molecule has 0 radical (unpaired) electrons. The fourth-order valence-corrected chi connectivity index (χ4v) is 5.65. The number of sulfone groups is 1. The largest absolute Gasteiger partial charge is 0.507 e. The van der Waals surface area contributed by atoms with Gasteiger partial charge in [-0.3, -0.25) is 9.78 Å². The Labute approximate surface area is 209 Å². The number of fused-ring (bicyclic) bond motifs is 1. The lowest BCUT2D eigenvalue weighted by atomic mass is 9.77. The summed E-state index contributed by atoms with van der Waals surface area (Å²) in [6, 6.07) is 14.4. The van der Waals surface area contributed by atoms with Crippen molar-refractivity contribution in [2.45, 2.75) is 42.9 Å². The van der Waals surface area contributed by atoms with Crippen molar-refractivity contribution >= 4 is 26.8 Å². The molecule has 0 aliphatic heterocycles. The van der Waals surface area contributed by atoms with E-state index in [4.69, 9.17) is 5.11 Å². The molecule has 0 spiro atoms. The predicted molar refractivity (Wildman–Crippen MR) is 136 cm³/mol. The lowest BCUT2D eigenvalue weighted by molar-refractivity contribution is -0.138. The van der Waals surface area contributed by atoms with Crippen LogP contribution in [0.5, 0.6) is 5.75 Å². The zero-order valence-corrected chi connectivity index (χ0v) is 20.6. The quantitative estimate of drug-likeness (QED) is 0.330. The molecule has 0 bridgehead atoms. The molecule has 0 unspecified atom stereocenters. The van der Waals surface area contributed by atoms with Gasteiger partial charge in [0, 0.05) is 30.5 Å². The van der Waals surface area contributed by atoms with Crippen LogP contribution in [0.3, 0.4) is 0 Å². The molecule has 0 amide bonds. The van der Waals surface area contributed by atoms with Crippen LogP contribution in [-0.4, -0.2) is 45.8 Å². The number of hydrogen-bond acceptors (Lipinski definition) is 6. The van der Waals surface area contributed by atoms with Crippen LogP contribution >= 0.6 is 0 Å². The highest BCUT2D eigenvalue weighted by Gasteiger charge is 2.24. The van der Waals surface area contributed by atoms with Gasteiger partial charge in [-0.25, -0.2) is 13.4 Å². The van der Waals surface area contributed by atoms with E-state index in [2.05, 4.69) is 27.1 Å². The summed E-state index contributed by atoms with van der Waals surface area (Å²) in [5.74, 6) is 0.414.